The number of rotatable bonds is 6. The van der Waals surface area contributed by atoms with Gasteiger partial charge in [-0.2, -0.15) is 0 Å². The molecule has 0 bridgehead atoms. The highest BCUT2D eigenvalue weighted by molar-refractivity contribution is 6.16. The van der Waals surface area contributed by atoms with Crippen LogP contribution in [0.15, 0.2) is 90.4 Å². The summed E-state index contributed by atoms with van der Waals surface area (Å²) in [7, 11) is 2.25. The van der Waals surface area contributed by atoms with E-state index >= 15 is 0 Å². The van der Waals surface area contributed by atoms with Crippen LogP contribution in [0.4, 0.5) is 5.82 Å². The largest absolute Gasteiger partial charge is 0.383 e. The van der Waals surface area contributed by atoms with Crippen molar-refractivity contribution in [1.82, 2.24) is 25.2 Å². The number of anilines is 1. The molecule has 2 saturated carbocycles. The Hall–Kier alpha value is -4.43. The van der Waals surface area contributed by atoms with Gasteiger partial charge in [0.25, 0.3) is 5.91 Å². The summed E-state index contributed by atoms with van der Waals surface area (Å²) in [5.74, 6) is 3.01. The summed E-state index contributed by atoms with van der Waals surface area (Å²) in [6.45, 7) is 3.28. The highest BCUT2D eigenvalue weighted by atomic mass is 16.1. The van der Waals surface area contributed by atoms with Gasteiger partial charge in [-0.1, -0.05) is 54.6 Å². The number of benzene rings is 2. The number of carbonyl (C=O) groups is 1. The second-order valence-corrected chi connectivity index (χ2v) is 14.2. The summed E-state index contributed by atoms with van der Waals surface area (Å²) < 4.78 is 0. The molecule has 47 heavy (non-hydrogen) atoms. The van der Waals surface area contributed by atoms with Gasteiger partial charge in [0.15, 0.2) is 0 Å². The molecule has 0 radical (unpaired) electrons. The summed E-state index contributed by atoms with van der Waals surface area (Å²) in [5.41, 5.74) is 13.4. The van der Waals surface area contributed by atoms with E-state index in [1.54, 1.807) is 30.9 Å². The maximum absolute atomic E-state index is 13.2. The number of pyridine rings is 1. The molecule has 4 aromatic rings. The van der Waals surface area contributed by atoms with Gasteiger partial charge in [-0.05, 0) is 105 Å². The van der Waals surface area contributed by atoms with Gasteiger partial charge in [0.2, 0.25) is 0 Å². The Labute approximate surface area is 277 Å². The number of hydrogen-bond acceptors (Lipinski definition) is 7. The summed E-state index contributed by atoms with van der Waals surface area (Å²) >= 11 is 0. The lowest BCUT2D eigenvalue weighted by molar-refractivity contribution is 0.0943. The molecular formula is C39H43N7O. The van der Waals surface area contributed by atoms with Crippen LogP contribution in [0, 0.1) is 23.2 Å². The number of carbonyl (C=O) groups excluding carboxylic acids is 1. The van der Waals surface area contributed by atoms with Crippen LogP contribution in [-0.2, 0) is 0 Å². The average Bonchev–Trinajstić information content (AvgIpc) is 3.78. The fourth-order valence-corrected chi connectivity index (χ4v) is 9.11. The number of nitrogen functional groups attached to an aromatic ring is 1. The van der Waals surface area contributed by atoms with E-state index in [4.69, 9.17) is 15.7 Å². The van der Waals surface area contributed by atoms with Crippen LogP contribution >= 0.6 is 0 Å². The van der Waals surface area contributed by atoms with Crippen LogP contribution in [0.5, 0.6) is 0 Å². The summed E-state index contributed by atoms with van der Waals surface area (Å²) in [6, 6.07) is 21.5. The molecule has 1 spiro atoms. The molecular weight excluding hydrogens is 582 g/mol. The lowest BCUT2D eigenvalue weighted by Gasteiger charge is -2.39. The lowest BCUT2D eigenvalue weighted by atomic mass is 9.70. The first-order valence-corrected chi connectivity index (χ1v) is 17.2. The first kappa shape index (κ1) is 29.9. The smallest absolute Gasteiger partial charge is 0.252 e. The molecule has 1 saturated heterocycles. The number of likely N-dealkylation sites (tertiary alicyclic amines) is 1. The number of nitrogens with one attached hydrogen (secondary N) is 1. The monoisotopic (exact) mass is 625 g/mol. The van der Waals surface area contributed by atoms with Crippen molar-refractivity contribution in [2.45, 2.75) is 50.5 Å². The number of piperidine rings is 1. The molecule has 8 heteroatoms. The predicted octanol–water partition coefficient (Wildman–Crippen LogP) is 6.06. The van der Waals surface area contributed by atoms with E-state index < -0.39 is 0 Å². The zero-order valence-electron chi connectivity index (χ0n) is 27.1. The van der Waals surface area contributed by atoms with Crippen molar-refractivity contribution in [3.8, 4) is 0 Å². The van der Waals surface area contributed by atoms with Crippen LogP contribution in [0.3, 0.4) is 0 Å². The molecule has 4 heterocycles. The van der Waals surface area contributed by atoms with E-state index in [0.29, 0.717) is 28.6 Å². The number of aliphatic imine (C=N–C) groups is 1. The SMILES string of the molecule is CN1CCC(C2CCC3(CC2)C2CN=C(c4ccc(C(NC(=O)c5ccncc5)c5ccccc5)cc4)c4c(N)ncnc4C23)CC1. The van der Waals surface area contributed by atoms with Crippen LogP contribution < -0.4 is 11.1 Å². The molecule has 8 rings (SSSR count). The average molecular weight is 626 g/mol. The van der Waals surface area contributed by atoms with Crippen molar-refractivity contribution in [3.05, 3.63) is 119 Å². The zero-order valence-corrected chi connectivity index (χ0v) is 27.1. The van der Waals surface area contributed by atoms with E-state index in [2.05, 4.69) is 51.5 Å². The van der Waals surface area contributed by atoms with Crippen LogP contribution in [0.1, 0.15) is 88.8 Å². The van der Waals surface area contributed by atoms with Gasteiger partial charge in [-0.15, -0.1) is 0 Å². The van der Waals surface area contributed by atoms with Gasteiger partial charge in [0.1, 0.15) is 12.1 Å². The first-order valence-electron chi connectivity index (χ1n) is 17.2. The minimum Gasteiger partial charge on any atom is -0.383 e. The van der Waals surface area contributed by atoms with Gasteiger partial charge in [0.05, 0.1) is 23.0 Å². The summed E-state index contributed by atoms with van der Waals surface area (Å²) in [5, 5.41) is 3.23. The van der Waals surface area contributed by atoms with Crippen molar-refractivity contribution >= 4 is 17.4 Å². The molecule has 2 aromatic carbocycles. The van der Waals surface area contributed by atoms with E-state index in [1.165, 1.54) is 51.6 Å². The molecule has 2 aliphatic heterocycles. The normalized spacial score (nSPS) is 26.4. The molecule has 3 unspecified atom stereocenters. The van der Waals surface area contributed by atoms with Crippen LogP contribution in [0.2, 0.25) is 0 Å². The van der Waals surface area contributed by atoms with Gasteiger partial charge < -0.3 is 16.0 Å². The minimum absolute atomic E-state index is 0.147. The quantitative estimate of drug-likeness (QED) is 0.270. The molecule has 8 nitrogen and oxygen atoms in total. The van der Waals surface area contributed by atoms with E-state index in [9.17, 15) is 4.79 Å². The number of hydrogen-bond donors (Lipinski definition) is 2. The molecule has 1 amide bonds. The number of fused-ring (bicyclic) bond motifs is 5. The second kappa shape index (κ2) is 12.3. The Balaban J connectivity index is 1.05. The number of aromatic nitrogens is 3. The minimum atomic E-state index is -0.320. The topological polar surface area (TPSA) is 109 Å². The zero-order chi connectivity index (χ0) is 32.0. The van der Waals surface area contributed by atoms with Crippen molar-refractivity contribution in [2.24, 2.45) is 28.2 Å². The molecule has 4 aliphatic rings. The predicted molar refractivity (Wildman–Crippen MR) is 184 cm³/mol. The molecule has 2 aromatic heterocycles. The Bertz CT molecular complexity index is 1760. The fraction of sp³-hybridized carbons (Fsp3) is 0.410. The third-order valence-electron chi connectivity index (χ3n) is 11.8. The maximum Gasteiger partial charge on any atom is 0.252 e. The highest BCUT2D eigenvalue weighted by Crippen LogP contribution is 2.72. The number of nitrogens with zero attached hydrogens (tertiary/aromatic N) is 5. The fourth-order valence-electron chi connectivity index (χ4n) is 9.11. The van der Waals surface area contributed by atoms with E-state index in [-0.39, 0.29) is 11.9 Å². The van der Waals surface area contributed by atoms with Crippen molar-refractivity contribution < 1.29 is 4.79 Å². The standard InChI is InChI=1S/C39H43N7O/c1-46-21-15-26(16-22-46)25-11-17-39(18-12-25)31-23-42-35(32-36(33(31)39)43-24-44-37(32)40)29-9-7-28(8-10-29)34(27-5-3-2-4-6-27)45-38(47)30-13-19-41-20-14-30/h2-10,13-14,19-20,24-26,31,33-34H,11-12,15-18,21-23H2,1H3,(H,45,47)(H2,40,43,44). The van der Waals surface area contributed by atoms with Gasteiger partial charge in [0, 0.05) is 36.0 Å². The Morgan fingerprint density at radius 1 is 0.894 bits per heavy atom. The van der Waals surface area contributed by atoms with E-state index in [1.807, 2.05) is 30.3 Å². The van der Waals surface area contributed by atoms with Crippen molar-refractivity contribution in [3.63, 3.8) is 0 Å². The number of amides is 1. The third kappa shape index (κ3) is 5.52. The van der Waals surface area contributed by atoms with Crippen LogP contribution in [-0.4, -0.2) is 58.2 Å². The van der Waals surface area contributed by atoms with Gasteiger partial charge in [-0.25, -0.2) is 9.97 Å². The Kier molecular flexibility index (Phi) is 7.84. The third-order valence-corrected chi connectivity index (χ3v) is 11.8. The maximum atomic E-state index is 13.2. The summed E-state index contributed by atoms with van der Waals surface area (Å²) in [6.07, 6.45) is 12.8. The first-order chi connectivity index (χ1) is 23.0. The van der Waals surface area contributed by atoms with Gasteiger partial charge in [-0.3, -0.25) is 14.8 Å². The molecule has 240 valence electrons. The molecule has 3 fully saturated rings. The van der Waals surface area contributed by atoms with Crippen LogP contribution in [0.25, 0.3) is 0 Å². The number of nitrogens with two attached hydrogens (primary N) is 1. The molecule has 3 N–H and O–H groups in total. The Morgan fingerprint density at radius 3 is 2.30 bits per heavy atom. The van der Waals surface area contributed by atoms with Crippen molar-refractivity contribution in [2.75, 3.05) is 32.4 Å². The molecule has 3 atom stereocenters. The molecule has 2 aliphatic carbocycles. The van der Waals surface area contributed by atoms with E-state index in [0.717, 1.165) is 52.0 Å². The Morgan fingerprint density at radius 2 is 1.57 bits per heavy atom. The van der Waals surface area contributed by atoms with Gasteiger partial charge >= 0.3 is 0 Å². The second-order valence-electron chi connectivity index (χ2n) is 14.2. The summed E-state index contributed by atoms with van der Waals surface area (Å²) in [4.78, 5) is 34.4. The highest BCUT2D eigenvalue weighted by Gasteiger charge is 2.66. The lowest BCUT2D eigenvalue weighted by Crippen LogP contribution is -2.35. The van der Waals surface area contributed by atoms with Crippen molar-refractivity contribution in [1.29, 1.82) is 0 Å².